The Labute approximate surface area is 122 Å². The number of ketones is 1. The number of Topliss-reactive ketones (excluding diaryl/α,β-unsaturated/α-hetero) is 1. The summed E-state index contributed by atoms with van der Waals surface area (Å²) in [6, 6.07) is 3.78. The highest BCUT2D eigenvalue weighted by Gasteiger charge is 2.20. The standard InChI is InChI=1S/C12H8ClFN2O3S/c1-5(17)10-9(11(18)19)16-12(20-10)15-8-3-6(13)2-7(14)4-8/h2-4H,1H3,(H,15,16)(H,18,19). The lowest BCUT2D eigenvalue weighted by Crippen LogP contribution is -2.03. The van der Waals surface area contributed by atoms with Gasteiger partial charge in [-0.15, -0.1) is 0 Å². The number of aromatic nitrogens is 1. The molecule has 0 bridgehead atoms. The number of carbonyl (C=O) groups is 2. The number of anilines is 2. The topological polar surface area (TPSA) is 79.3 Å². The smallest absolute Gasteiger partial charge is 0.356 e. The Morgan fingerprint density at radius 3 is 2.60 bits per heavy atom. The van der Waals surface area contributed by atoms with E-state index in [-0.39, 0.29) is 20.7 Å². The highest BCUT2D eigenvalue weighted by Crippen LogP contribution is 2.28. The molecular weight excluding hydrogens is 307 g/mol. The van der Waals surface area contributed by atoms with Crippen molar-refractivity contribution in [3.8, 4) is 0 Å². The fourth-order valence-electron chi connectivity index (χ4n) is 1.51. The zero-order valence-electron chi connectivity index (χ0n) is 10.1. The Hall–Kier alpha value is -1.99. The van der Waals surface area contributed by atoms with Gasteiger partial charge in [0.1, 0.15) is 10.7 Å². The van der Waals surface area contributed by atoms with Gasteiger partial charge in [-0.3, -0.25) is 4.79 Å². The monoisotopic (exact) mass is 314 g/mol. The third-order valence-electron chi connectivity index (χ3n) is 2.26. The van der Waals surface area contributed by atoms with E-state index in [1.165, 1.54) is 19.1 Å². The van der Waals surface area contributed by atoms with Gasteiger partial charge in [-0.1, -0.05) is 22.9 Å². The lowest BCUT2D eigenvalue weighted by atomic mass is 10.3. The van der Waals surface area contributed by atoms with E-state index in [2.05, 4.69) is 10.3 Å². The van der Waals surface area contributed by atoms with E-state index in [1.807, 2.05) is 0 Å². The average Bonchev–Trinajstić information content (AvgIpc) is 2.71. The Morgan fingerprint density at radius 2 is 2.10 bits per heavy atom. The van der Waals surface area contributed by atoms with Crippen LogP contribution in [0.3, 0.4) is 0 Å². The Morgan fingerprint density at radius 1 is 1.40 bits per heavy atom. The lowest BCUT2D eigenvalue weighted by Gasteiger charge is -2.02. The van der Waals surface area contributed by atoms with Gasteiger partial charge in [0.05, 0.1) is 0 Å². The molecule has 1 heterocycles. The summed E-state index contributed by atoms with van der Waals surface area (Å²) in [5, 5.41) is 12.1. The molecule has 0 aliphatic heterocycles. The largest absolute Gasteiger partial charge is 0.476 e. The van der Waals surface area contributed by atoms with Crippen LogP contribution in [-0.2, 0) is 0 Å². The second-order valence-electron chi connectivity index (χ2n) is 3.84. The highest BCUT2D eigenvalue weighted by molar-refractivity contribution is 7.17. The molecule has 104 valence electrons. The summed E-state index contributed by atoms with van der Waals surface area (Å²) >= 11 is 6.59. The van der Waals surface area contributed by atoms with Gasteiger partial charge in [-0.25, -0.2) is 14.2 Å². The molecule has 0 spiro atoms. The molecule has 0 fully saturated rings. The fraction of sp³-hybridized carbons (Fsp3) is 0.0833. The first-order valence-electron chi connectivity index (χ1n) is 5.35. The quantitative estimate of drug-likeness (QED) is 0.843. The van der Waals surface area contributed by atoms with Crippen molar-refractivity contribution in [1.29, 1.82) is 0 Å². The highest BCUT2D eigenvalue weighted by atomic mass is 35.5. The van der Waals surface area contributed by atoms with Crippen molar-refractivity contribution in [3.63, 3.8) is 0 Å². The number of nitrogens with zero attached hydrogens (tertiary/aromatic N) is 1. The van der Waals surface area contributed by atoms with Gasteiger partial charge in [0, 0.05) is 17.6 Å². The van der Waals surface area contributed by atoms with Gasteiger partial charge in [-0.05, 0) is 18.2 Å². The van der Waals surface area contributed by atoms with Crippen molar-refractivity contribution in [3.05, 3.63) is 39.6 Å². The SMILES string of the molecule is CC(=O)c1sc(Nc2cc(F)cc(Cl)c2)nc1C(=O)O. The third kappa shape index (κ3) is 3.12. The van der Waals surface area contributed by atoms with E-state index < -0.39 is 17.6 Å². The van der Waals surface area contributed by atoms with Gasteiger partial charge in [0.25, 0.3) is 0 Å². The van der Waals surface area contributed by atoms with E-state index in [0.717, 1.165) is 17.4 Å². The maximum absolute atomic E-state index is 13.2. The maximum atomic E-state index is 13.2. The number of aromatic carboxylic acids is 1. The van der Waals surface area contributed by atoms with Crippen LogP contribution in [0.15, 0.2) is 18.2 Å². The number of thiazole rings is 1. The van der Waals surface area contributed by atoms with Gasteiger partial charge < -0.3 is 10.4 Å². The minimum absolute atomic E-state index is 0.0301. The van der Waals surface area contributed by atoms with E-state index in [4.69, 9.17) is 16.7 Å². The number of rotatable bonds is 4. The molecule has 0 radical (unpaired) electrons. The van der Waals surface area contributed by atoms with Gasteiger partial charge in [-0.2, -0.15) is 0 Å². The zero-order valence-corrected chi connectivity index (χ0v) is 11.7. The number of carbonyl (C=O) groups excluding carboxylic acids is 1. The third-order valence-corrected chi connectivity index (χ3v) is 3.55. The van der Waals surface area contributed by atoms with E-state index >= 15 is 0 Å². The first-order valence-corrected chi connectivity index (χ1v) is 6.54. The number of hydrogen-bond donors (Lipinski definition) is 2. The normalized spacial score (nSPS) is 10.3. The first kappa shape index (κ1) is 14.4. The molecule has 2 N–H and O–H groups in total. The van der Waals surface area contributed by atoms with Crippen LogP contribution in [0.2, 0.25) is 5.02 Å². The lowest BCUT2D eigenvalue weighted by molar-refractivity contribution is 0.0687. The van der Waals surface area contributed by atoms with E-state index in [0.29, 0.717) is 5.69 Å². The van der Waals surface area contributed by atoms with Crippen LogP contribution < -0.4 is 5.32 Å². The minimum atomic E-state index is -1.29. The summed E-state index contributed by atoms with van der Waals surface area (Å²) in [6.45, 7) is 1.25. The number of hydrogen-bond acceptors (Lipinski definition) is 5. The number of carboxylic acid groups (broad SMARTS) is 1. The van der Waals surface area contributed by atoms with Crippen molar-refractivity contribution in [2.75, 3.05) is 5.32 Å². The molecule has 0 saturated carbocycles. The van der Waals surface area contributed by atoms with Crippen LogP contribution in [0.4, 0.5) is 15.2 Å². The number of nitrogens with one attached hydrogen (secondary N) is 1. The predicted molar refractivity (Wildman–Crippen MR) is 73.8 cm³/mol. The second-order valence-corrected chi connectivity index (χ2v) is 5.28. The molecule has 1 aromatic carbocycles. The Balaban J connectivity index is 2.36. The number of benzene rings is 1. The van der Waals surface area contributed by atoms with Crippen LogP contribution in [0, 0.1) is 5.82 Å². The fourth-order valence-corrected chi connectivity index (χ4v) is 2.60. The molecule has 0 aliphatic carbocycles. The van der Waals surface area contributed by atoms with Crippen LogP contribution in [0.1, 0.15) is 27.1 Å². The molecule has 0 aliphatic rings. The zero-order chi connectivity index (χ0) is 14.9. The molecule has 0 unspecified atom stereocenters. The minimum Gasteiger partial charge on any atom is -0.476 e. The molecule has 0 amide bonds. The Kier molecular flexibility index (Phi) is 4.01. The van der Waals surface area contributed by atoms with Crippen LogP contribution in [0.25, 0.3) is 0 Å². The molecule has 1 aromatic heterocycles. The summed E-state index contributed by atoms with van der Waals surface area (Å²) in [5.41, 5.74) is -0.0108. The van der Waals surface area contributed by atoms with Crippen molar-refractivity contribution in [2.45, 2.75) is 6.92 Å². The van der Waals surface area contributed by atoms with Crippen LogP contribution >= 0.6 is 22.9 Å². The summed E-state index contributed by atoms with van der Waals surface area (Å²) in [4.78, 5) is 26.2. The molecule has 2 rings (SSSR count). The average molecular weight is 315 g/mol. The molecule has 8 heteroatoms. The van der Waals surface area contributed by atoms with Crippen molar-refractivity contribution >= 4 is 45.5 Å². The molecule has 0 atom stereocenters. The molecule has 2 aromatic rings. The van der Waals surface area contributed by atoms with Crippen molar-refractivity contribution in [1.82, 2.24) is 4.98 Å². The van der Waals surface area contributed by atoms with Crippen LogP contribution in [-0.4, -0.2) is 21.8 Å². The predicted octanol–water partition coefficient (Wildman–Crippen LogP) is 3.58. The Bertz CT molecular complexity index is 650. The molecule has 5 nitrogen and oxygen atoms in total. The summed E-state index contributed by atoms with van der Waals surface area (Å²) in [6.07, 6.45) is 0. The number of carboxylic acids is 1. The van der Waals surface area contributed by atoms with Gasteiger partial charge in [0.2, 0.25) is 0 Å². The van der Waals surface area contributed by atoms with Crippen LogP contribution in [0.5, 0.6) is 0 Å². The van der Waals surface area contributed by atoms with Gasteiger partial charge >= 0.3 is 5.97 Å². The summed E-state index contributed by atoms with van der Waals surface area (Å²) < 4.78 is 13.2. The second kappa shape index (κ2) is 5.56. The van der Waals surface area contributed by atoms with Gasteiger partial charge in [0.15, 0.2) is 16.6 Å². The summed E-state index contributed by atoms with van der Waals surface area (Å²) in [7, 11) is 0. The molecule has 0 saturated heterocycles. The maximum Gasteiger partial charge on any atom is 0.356 e. The molecule has 20 heavy (non-hydrogen) atoms. The van der Waals surface area contributed by atoms with Crippen molar-refractivity contribution < 1.29 is 19.1 Å². The molecular formula is C12H8ClFN2O3S. The van der Waals surface area contributed by atoms with E-state index in [9.17, 15) is 14.0 Å². The van der Waals surface area contributed by atoms with Crippen molar-refractivity contribution in [2.24, 2.45) is 0 Å². The first-order chi connectivity index (χ1) is 9.36. The van der Waals surface area contributed by atoms with E-state index in [1.54, 1.807) is 0 Å². The number of halogens is 2. The summed E-state index contributed by atoms with van der Waals surface area (Å²) in [5.74, 6) is -2.23.